The van der Waals surface area contributed by atoms with E-state index in [9.17, 15) is 0 Å². The van der Waals surface area contributed by atoms with E-state index in [1.165, 1.54) is 5.57 Å². The number of hydrogen-bond donors (Lipinski definition) is 3. The van der Waals surface area contributed by atoms with Crippen molar-refractivity contribution in [3.05, 3.63) is 11.6 Å². The van der Waals surface area contributed by atoms with Gasteiger partial charge in [-0.3, -0.25) is 16.0 Å². The Kier molecular flexibility index (Phi) is 5.28. The summed E-state index contributed by atoms with van der Waals surface area (Å²) in [5, 5.41) is 3.07. The molecule has 0 aliphatic rings. The van der Waals surface area contributed by atoms with Crippen molar-refractivity contribution in [1.82, 2.24) is 5.32 Å². The molecule has 0 rings (SSSR count). The molecule has 0 fully saturated rings. The smallest absolute Gasteiger partial charge is 0.291 e. The summed E-state index contributed by atoms with van der Waals surface area (Å²) in [6.07, 6.45) is 3.34. The summed E-state index contributed by atoms with van der Waals surface area (Å²) >= 11 is 0. The minimum Gasteiger partial charge on any atom is -0.291 e. The predicted molar refractivity (Wildman–Crippen MR) is 61.9 cm³/mol. The molecule has 0 aliphatic heterocycles. The van der Waals surface area contributed by atoms with Gasteiger partial charge in [-0.25, -0.2) is 0 Å². The molecule has 82 valence electrons. The highest BCUT2D eigenvalue weighted by molar-refractivity contribution is 5.71. The Hall–Kier alpha value is -0.990. The van der Waals surface area contributed by atoms with Crippen molar-refractivity contribution < 1.29 is 4.99 Å². The van der Waals surface area contributed by atoms with E-state index in [2.05, 4.69) is 44.1 Å². The monoisotopic (exact) mass is 198 g/mol. The zero-order chi connectivity index (χ0) is 11.2. The SMILES string of the molecule is CCC(C)(C)C(C)=CCNC(N)=[NH+]C. The third kappa shape index (κ3) is 4.30. The van der Waals surface area contributed by atoms with Gasteiger partial charge in [0.2, 0.25) is 0 Å². The summed E-state index contributed by atoms with van der Waals surface area (Å²) in [7, 11) is 1.80. The van der Waals surface area contributed by atoms with Crippen LogP contribution in [0.1, 0.15) is 34.1 Å². The molecule has 0 atom stereocenters. The Bertz CT molecular complexity index is 227. The first kappa shape index (κ1) is 13.0. The first-order valence-electron chi connectivity index (χ1n) is 5.15. The van der Waals surface area contributed by atoms with E-state index in [1.54, 1.807) is 7.05 Å². The first-order chi connectivity index (χ1) is 6.44. The van der Waals surface area contributed by atoms with Crippen molar-refractivity contribution in [3.63, 3.8) is 0 Å². The molecule has 3 nitrogen and oxygen atoms in total. The van der Waals surface area contributed by atoms with Gasteiger partial charge < -0.3 is 0 Å². The maximum absolute atomic E-state index is 5.57. The standard InChI is InChI=1S/C11H23N3/c1-6-11(3,4)9(2)7-8-14-10(12)13-5/h7H,6,8H2,1-5H3,(H3,12,13,14)/p+1. The van der Waals surface area contributed by atoms with Gasteiger partial charge in [0.25, 0.3) is 0 Å². The lowest BCUT2D eigenvalue weighted by Gasteiger charge is -2.23. The van der Waals surface area contributed by atoms with E-state index < -0.39 is 0 Å². The molecule has 14 heavy (non-hydrogen) atoms. The molecule has 0 aromatic heterocycles. The molecule has 0 unspecified atom stereocenters. The molecule has 0 radical (unpaired) electrons. The fourth-order valence-electron chi connectivity index (χ4n) is 0.958. The third-order valence-electron chi connectivity index (χ3n) is 2.92. The summed E-state index contributed by atoms with van der Waals surface area (Å²) in [5.41, 5.74) is 7.25. The van der Waals surface area contributed by atoms with Crippen molar-refractivity contribution in [3.8, 4) is 0 Å². The zero-order valence-corrected chi connectivity index (χ0v) is 10.1. The van der Waals surface area contributed by atoms with E-state index >= 15 is 0 Å². The van der Waals surface area contributed by atoms with Gasteiger partial charge in [-0.05, 0) is 18.8 Å². The lowest BCUT2D eigenvalue weighted by Crippen LogP contribution is -2.74. The van der Waals surface area contributed by atoms with Crippen LogP contribution in [-0.4, -0.2) is 19.6 Å². The Morgan fingerprint density at radius 2 is 2.07 bits per heavy atom. The van der Waals surface area contributed by atoms with Gasteiger partial charge in [0.15, 0.2) is 0 Å². The van der Waals surface area contributed by atoms with Gasteiger partial charge in [-0.1, -0.05) is 32.4 Å². The highest BCUT2D eigenvalue weighted by atomic mass is 15.1. The third-order valence-corrected chi connectivity index (χ3v) is 2.92. The van der Waals surface area contributed by atoms with Gasteiger partial charge >= 0.3 is 5.96 Å². The quantitative estimate of drug-likeness (QED) is 0.338. The van der Waals surface area contributed by atoms with Crippen LogP contribution in [-0.2, 0) is 0 Å². The molecule has 0 aromatic carbocycles. The second kappa shape index (κ2) is 5.68. The molecule has 0 bridgehead atoms. The second-order valence-corrected chi connectivity index (χ2v) is 4.17. The maximum Gasteiger partial charge on any atom is 0.341 e. The molecule has 0 saturated heterocycles. The number of rotatable bonds is 4. The Morgan fingerprint density at radius 1 is 1.50 bits per heavy atom. The Labute approximate surface area is 87.5 Å². The van der Waals surface area contributed by atoms with E-state index in [0.717, 1.165) is 13.0 Å². The van der Waals surface area contributed by atoms with Crippen LogP contribution in [0.3, 0.4) is 0 Å². The number of nitrogens with two attached hydrogens (primary N) is 1. The van der Waals surface area contributed by atoms with Crippen LogP contribution in [0.4, 0.5) is 0 Å². The predicted octanol–water partition coefficient (Wildman–Crippen LogP) is -0.0164. The maximum atomic E-state index is 5.57. The largest absolute Gasteiger partial charge is 0.341 e. The summed E-state index contributed by atoms with van der Waals surface area (Å²) in [6, 6.07) is 0. The Morgan fingerprint density at radius 3 is 2.50 bits per heavy atom. The number of nitrogens with one attached hydrogen (secondary N) is 2. The van der Waals surface area contributed by atoms with Crippen molar-refractivity contribution in [2.75, 3.05) is 13.6 Å². The van der Waals surface area contributed by atoms with Gasteiger partial charge in [-0.15, -0.1) is 0 Å². The van der Waals surface area contributed by atoms with E-state index in [-0.39, 0.29) is 5.41 Å². The molecule has 3 heteroatoms. The molecule has 4 N–H and O–H groups in total. The Balaban J connectivity index is 4.13. The minimum absolute atomic E-state index is 0.288. The lowest BCUT2D eigenvalue weighted by molar-refractivity contribution is -0.423. The molecule has 0 heterocycles. The van der Waals surface area contributed by atoms with Crippen LogP contribution in [0.5, 0.6) is 0 Å². The molecular formula is C11H24N3+. The topological polar surface area (TPSA) is 52.0 Å². The van der Waals surface area contributed by atoms with Gasteiger partial charge in [-0.2, -0.15) is 0 Å². The lowest BCUT2D eigenvalue weighted by atomic mass is 9.82. The number of allylic oxidation sites excluding steroid dienone is 1. The molecule has 0 spiro atoms. The summed E-state index contributed by atoms with van der Waals surface area (Å²) in [6.45, 7) is 9.66. The molecule has 0 amide bonds. The fourth-order valence-corrected chi connectivity index (χ4v) is 0.958. The summed E-state index contributed by atoms with van der Waals surface area (Å²) < 4.78 is 0. The average molecular weight is 198 g/mol. The van der Waals surface area contributed by atoms with Crippen molar-refractivity contribution in [2.24, 2.45) is 11.1 Å². The average Bonchev–Trinajstić information content (AvgIpc) is 2.17. The van der Waals surface area contributed by atoms with Crippen LogP contribution >= 0.6 is 0 Å². The van der Waals surface area contributed by atoms with Crippen LogP contribution in [0, 0.1) is 5.41 Å². The van der Waals surface area contributed by atoms with Crippen LogP contribution < -0.4 is 16.0 Å². The molecular weight excluding hydrogens is 174 g/mol. The normalized spacial score (nSPS) is 14.4. The van der Waals surface area contributed by atoms with Gasteiger partial charge in [0.05, 0.1) is 13.6 Å². The fraction of sp³-hybridized carbons (Fsp3) is 0.727. The van der Waals surface area contributed by atoms with Gasteiger partial charge in [0.1, 0.15) is 0 Å². The van der Waals surface area contributed by atoms with Gasteiger partial charge in [0, 0.05) is 0 Å². The highest BCUT2D eigenvalue weighted by Crippen LogP contribution is 2.28. The van der Waals surface area contributed by atoms with Crippen LogP contribution in [0.2, 0.25) is 0 Å². The molecule has 0 aliphatic carbocycles. The van der Waals surface area contributed by atoms with Crippen molar-refractivity contribution >= 4 is 5.96 Å². The van der Waals surface area contributed by atoms with Crippen molar-refractivity contribution in [2.45, 2.75) is 34.1 Å². The summed E-state index contributed by atoms with van der Waals surface area (Å²) in [4.78, 5) is 2.85. The van der Waals surface area contributed by atoms with E-state index in [1.807, 2.05) is 0 Å². The minimum atomic E-state index is 0.288. The molecule has 0 saturated carbocycles. The zero-order valence-electron chi connectivity index (χ0n) is 10.1. The van der Waals surface area contributed by atoms with Crippen LogP contribution in [0.15, 0.2) is 11.6 Å². The van der Waals surface area contributed by atoms with Crippen LogP contribution in [0.25, 0.3) is 0 Å². The highest BCUT2D eigenvalue weighted by Gasteiger charge is 2.16. The summed E-state index contributed by atoms with van der Waals surface area (Å²) in [5.74, 6) is 0.614. The second-order valence-electron chi connectivity index (χ2n) is 4.17. The van der Waals surface area contributed by atoms with E-state index in [0.29, 0.717) is 5.96 Å². The number of guanidine groups is 1. The molecule has 0 aromatic rings. The van der Waals surface area contributed by atoms with Crippen molar-refractivity contribution in [1.29, 1.82) is 0 Å². The first-order valence-corrected chi connectivity index (χ1v) is 5.15. The number of hydrogen-bond acceptors (Lipinski definition) is 0. The van der Waals surface area contributed by atoms with E-state index in [4.69, 9.17) is 5.73 Å².